The molecule has 0 fully saturated rings. The van der Waals surface area contributed by atoms with Gasteiger partial charge in [-0.2, -0.15) is 0 Å². The molecule has 102 valence electrons. The number of rotatable bonds is 2. The van der Waals surface area contributed by atoms with E-state index in [9.17, 15) is 4.79 Å². The second-order valence-corrected chi connectivity index (χ2v) is 4.80. The summed E-state index contributed by atoms with van der Waals surface area (Å²) in [5.74, 6) is 3.80. The Hall–Kier alpha value is -1.95. The van der Waals surface area contributed by atoms with Crippen LogP contribution >= 0.6 is 0 Å². The van der Waals surface area contributed by atoms with Crippen LogP contribution in [-0.2, 0) is 0 Å². The smallest absolute Gasteiger partial charge is 0.410 e. The number of carbonyl (C=O) groups is 1. The van der Waals surface area contributed by atoms with Gasteiger partial charge in [0, 0.05) is 19.5 Å². The molecule has 0 spiro atoms. The Kier molecular flexibility index (Phi) is 5.44. The minimum Gasteiger partial charge on any atom is -0.410 e. The number of nitrogens with zero attached hydrogens (tertiary/aromatic N) is 1. The molecule has 0 radical (unpaired) electrons. The zero-order valence-electron chi connectivity index (χ0n) is 12.3. The fraction of sp³-hybridized carbons (Fsp3) is 0.438. The van der Waals surface area contributed by atoms with Gasteiger partial charge in [0.1, 0.15) is 5.75 Å². The summed E-state index contributed by atoms with van der Waals surface area (Å²) in [6.07, 6.45) is 0.251. The molecule has 0 N–H and O–H groups in total. The van der Waals surface area contributed by atoms with E-state index >= 15 is 0 Å². The van der Waals surface area contributed by atoms with Gasteiger partial charge in [0.25, 0.3) is 0 Å². The van der Waals surface area contributed by atoms with Crippen LogP contribution in [0.15, 0.2) is 18.2 Å². The van der Waals surface area contributed by atoms with Gasteiger partial charge in [-0.05, 0) is 36.1 Å². The first-order valence-electron chi connectivity index (χ1n) is 6.49. The first-order chi connectivity index (χ1) is 8.93. The predicted molar refractivity (Wildman–Crippen MR) is 77.1 cm³/mol. The summed E-state index contributed by atoms with van der Waals surface area (Å²) in [5, 5.41) is 0. The minimum absolute atomic E-state index is 0.398. The van der Waals surface area contributed by atoms with Gasteiger partial charge in [-0.3, -0.25) is 0 Å². The lowest BCUT2D eigenvalue weighted by Gasteiger charge is -2.13. The van der Waals surface area contributed by atoms with E-state index in [1.54, 1.807) is 7.05 Å². The predicted octanol–water partition coefficient (Wildman–Crippen LogP) is 3.92. The largest absolute Gasteiger partial charge is 0.426 e. The Morgan fingerprint density at radius 2 is 2.05 bits per heavy atom. The van der Waals surface area contributed by atoms with Crippen LogP contribution in [-0.4, -0.2) is 18.0 Å². The van der Waals surface area contributed by atoms with Crippen molar-refractivity contribution in [1.29, 1.82) is 0 Å². The fourth-order valence-corrected chi connectivity index (χ4v) is 1.58. The lowest BCUT2D eigenvalue weighted by Crippen LogP contribution is -2.25. The summed E-state index contributed by atoms with van der Waals surface area (Å²) in [6.45, 7) is 8.14. The molecular formula is C16H21NO2. The molecule has 0 saturated heterocycles. The van der Waals surface area contributed by atoms with Crippen LogP contribution in [0.25, 0.3) is 0 Å². The molecule has 0 aliphatic heterocycles. The molecule has 1 amide bonds. The molecule has 0 aromatic heterocycles. The van der Waals surface area contributed by atoms with Gasteiger partial charge in [-0.1, -0.05) is 32.8 Å². The van der Waals surface area contributed by atoms with Crippen molar-refractivity contribution in [3.63, 3.8) is 0 Å². The van der Waals surface area contributed by atoms with Gasteiger partial charge in [0.05, 0.1) is 0 Å². The van der Waals surface area contributed by atoms with E-state index in [1.165, 1.54) is 4.90 Å². The minimum atomic E-state index is -0.457. The number of carbonyl (C=O) groups excluding carboxylic acids is 1. The van der Waals surface area contributed by atoms with Crippen LogP contribution in [0, 0.1) is 18.9 Å². The zero-order chi connectivity index (χ0) is 14.4. The maximum absolute atomic E-state index is 11.8. The maximum Gasteiger partial charge on any atom is 0.426 e. The van der Waals surface area contributed by atoms with Crippen LogP contribution < -0.4 is 4.74 Å². The van der Waals surface area contributed by atoms with Gasteiger partial charge in [0.15, 0.2) is 0 Å². The average molecular weight is 259 g/mol. The third kappa shape index (κ3) is 4.67. The molecule has 0 atom stereocenters. The van der Waals surface area contributed by atoms with E-state index in [1.807, 2.05) is 26.0 Å². The molecule has 1 aromatic carbocycles. The van der Waals surface area contributed by atoms with Crippen LogP contribution in [0.2, 0.25) is 0 Å². The summed E-state index contributed by atoms with van der Waals surface area (Å²) >= 11 is 0. The molecule has 1 aromatic rings. The van der Waals surface area contributed by atoms with E-state index < -0.39 is 6.09 Å². The normalized spacial score (nSPS) is 9.79. The van der Waals surface area contributed by atoms with Crippen molar-refractivity contribution in [2.75, 3.05) is 7.05 Å². The number of hydrogen-bond donors (Lipinski definition) is 0. The highest BCUT2D eigenvalue weighted by molar-refractivity contribution is 5.72. The molecule has 19 heavy (non-hydrogen) atoms. The summed E-state index contributed by atoms with van der Waals surface area (Å²) in [5.41, 5.74) is 2.24. The molecule has 0 heterocycles. The quantitative estimate of drug-likeness (QED) is 0.595. The van der Waals surface area contributed by atoms with Crippen LogP contribution in [0.3, 0.4) is 0 Å². The fourth-order valence-electron chi connectivity index (χ4n) is 1.58. The molecule has 0 aliphatic carbocycles. The first-order valence-corrected chi connectivity index (χ1v) is 6.49. The maximum atomic E-state index is 11.8. The lowest BCUT2D eigenvalue weighted by atomic mass is 10.0. The lowest BCUT2D eigenvalue weighted by molar-refractivity contribution is 0.180. The number of hydrogen-bond acceptors (Lipinski definition) is 2. The highest BCUT2D eigenvalue weighted by Crippen LogP contribution is 2.23. The molecule has 0 bridgehead atoms. The second kappa shape index (κ2) is 6.84. The van der Waals surface area contributed by atoms with Crippen molar-refractivity contribution < 1.29 is 9.53 Å². The third-order valence-electron chi connectivity index (χ3n) is 2.64. The number of amides is 1. The summed E-state index contributed by atoms with van der Waals surface area (Å²) in [4.78, 5) is 13.1. The van der Waals surface area contributed by atoms with E-state index in [2.05, 4.69) is 31.9 Å². The molecular weight excluding hydrogens is 238 g/mol. The average Bonchev–Trinajstić information content (AvgIpc) is 2.34. The Morgan fingerprint density at radius 1 is 1.37 bits per heavy atom. The standard InChI is InChI=1S/C16H21NO2/c1-6-7-8-17(5)16(18)19-15-10-13(4)9-14(11-15)12(2)3/h9-12H,6H2,1-5H3. The zero-order valence-corrected chi connectivity index (χ0v) is 12.3. The van der Waals surface area contributed by atoms with E-state index in [0.717, 1.165) is 11.1 Å². The van der Waals surface area contributed by atoms with Crippen LogP contribution in [0.4, 0.5) is 4.79 Å². The van der Waals surface area contributed by atoms with Crippen molar-refractivity contribution in [2.24, 2.45) is 0 Å². The van der Waals surface area contributed by atoms with Gasteiger partial charge < -0.3 is 4.74 Å². The molecule has 3 nitrogen and oxygen atoms in total. The van der Waals surface area contributed by atoms with E-state index in [0.29, 0.717) is 18.1 Å². The van der Waals surface area contributed by atoms with Crippen molar-refractivity contribution >= 4 is 6.09 Å². The Morgan fingerprint density at radius 3 is 2.63 bits per heavy atom. The molecule has 0 unspecified atom stereocenters. The third-order valence-corrected chi connectivity index (χ3v) is 2.64. The van der Waals surface area contributed by atoms with Crippen molar-refractivity contribution in [3.8, 4) is 17.7 Å². The van der Waals surface area contributed by atoms with Gasteiger partial charge >= 0.3 is 6.09 Å². The first kappa shape index (κ1) is 15.1. The number of ether oxygens (including phenoxy) is 1. The van der Waals surface area contributed by atoms with Gasteiger partial charge in [-0.25, -0.2) is 9.69 Å². The van der Waals surface area contributed by atoms with Crippen molar-refractivity contribution in [3.05, 3.63) is 29.3 Å². The molecule has 0 aliphatic rings. The second-order valence-electron chi connectivity index (χ2n) is 4.80. The Bertz CT molecular complexity index is 509. The molecule has 0 saturated carbocycles. The number of benzene rings is 1. The van der Waals surface area contributed by atoms with E-state index in [4.69, 9.17) is 4.74 Å². The Balaban J connectivity index is 2.85. The topological polar surface area (TPSA) is 29.5 Å². The molecule has 1 rings (SSSR count). The summed E-state index contributed by atoms with van der Waals surface area (Å²) in [6, 6.07) is 8.56. The molecule has 3 heteroatoms. The van der Waals surface area contributed by atoms with Crippen LogP contribution in [0.5, 0.6) is 5.75 Å². The highest BCUT2D eigenvalue weighted by atomic mass is 16.6. The highest BCUT2D eigenvalue weighted by Gasteiger charge is 2.11. The number of aryl methyl sites for hydroxylation is 1. The van der Waals surface area contributed by atoms with Gasteiger partial charge in [0.2, 0.25) is 0 Å². The summed E-state index contributed by atoms with van der Waals surface area (Å²) < 4.78 is 5.33. The van der Waals surface area contributed by atoms with Crippen molar-refractivity contribution in [2.45, 2.75) is 40.0 Å². The Labute approximate surface area is 115 Å². The van der Waals surface area contributed by atoms with E-state index in [-0.39, 0.29) is 0 Å². The van der Waals surface area contributed by atoms with Crippen molar-refractivity contribution in [1.82, 2.24) is 4.90 Å². The SMILES string of the molecule is CCC#CN(C)C(=O)Oc1cc(C)cc(C(C)C)c1. The van der Waals surface area contributed by atoms with Gasteiger partial charge in [-0.15, -0.1) is 0 Å². The van der Waals surface area contributed by atoms with Crippen LogP contribution in [0.1, 0.15) is 44.2 Å². The monoisotopic (exact) mass is 259 g/mol. The summed E-state index contributed by atoms with van der Waals surface area (Å²) in [7, 11) is 1.60.